The van der Waals surface area contributed by atoms with Crippen LogP contribution in [0.3, 0.4) is 0 Å². The Morgan fingerprint density at radius 2 is 2.13 bits per heavy atom. The highest BCUT2D eigenvalue weighted by atomic mass is 32.1. The lowest BCUT2D eigenvalue weighted by atomic mass is 10.3. The van der Waals surface area contributed by atoms with Crippen molar-refractivity contribution in [1.82, 2.24) is 9.80 Å². The highest BCUT2D eigenvalue weighted by Gasteiger charge is 2.32. The van der Waals surface area contributed by atoms with Gasteiger partial charge in [-0.05, 0) is 24.4 Å². The van der Waals surface area contributed by atoms with Gasteiger partial charge >= 0.3 is 0 Å². The van der Waals surface area contributed by atoms with Crippen LogP contribution in [0, 0.1) is 0 Å². The highest BCUT2D eigenvalue weighted by Crippen LogP contribution is 2.20. The van der Waals surface area contributed by atoms with Crippen LogP contribution < -0.4 is 0 Å². The number of nitrogens with zero attached hydrogens (tertiary/aromatic N) is 2. The minimum absolute atomic E-state index is 0.112. The second-order valence-electron chi connectivity index (χ2n) is 3.25. The maximum atomic E-state index is 11.7. The minimum atomic E-state index is -0.112. The van der Waals surface area contributed by atoms with Gasteiger partial charge < -0.3 is 9.32 Å². The number of furan rings is 1. The summed E-state index contributed by atoms with van der Waals surface area (Å²) >= 11 is 5.07. The molecule has 0 atom stereocenters. The van der Waals surface area contributed by atoms with Crippen LogP contribution in [0.1, 0.15) is 5.76 Å². The summed E-state index contributed by atoms with van der Waals surface area (Å²) in [5.74, 6) is 0.530. The van der Waals surface area contributed by atoms with Crippen LogP contribution in [-0.2, 0) is 4.79 Å². The van der Waals surface area contributed by atoms with Gasteiger partial charge in [0, 0.05) is 20.2 Å². The van der Waals surface area contributed by atoms with E-state index in [0.29, 0.717) is 16.6 Å². The number of thiocarbonyl (C=S) groups is 1. The molecular formula is C10H10N2O2S. The molecule has 1 amide bonds. The van der Waals surface area contributed by atoms with Crippen molar-refractivity contribution in [3.63, 3.8) is 0 Å². The standard InChI is InChI=1S/C10H10N2O2S/c1-11-8(6-7-4-3-5-14-7)9(13)12(2)10(11)15/h3-6H,1-2H3. The van der Waals surface area contributed by atoms with E-state index in [4.69, 9.17) is 16.6 Å². The Morgan fingerprint density at radius 3 is 2.60 bits per heavy atom. The molecule has 2 heterocycles. The van der Waals surface area contributed by atoms with Gasteiger partial charge in [-0.2, -0.15) is 0 Å². The molecule has 15 heavy (non-hydrogen) atoms. The highest BCUT2D eigenvalue weighted by molar-refractivity contribution is 7.80. The fraction of sp³-hybridized carbons (Fsp3) is 0.200. The van der Waals surface area contributed by atoms with E-state index >= 15 is 0 Å². The lowest BCUT2D eigenvalue weighted by Gasteiger charge is -2.10. The fourth-order valence-electron chi connectivity index (χ4n) is 1.40. The molecule has 1 saturated heterocycles. The Bertz CT molecular complexity index is 436. The SMILES string of the molecule is CN1C(=O)C(=Cc2ccco2)N(C)C1=S. The maximum absolute atomic E-state index is 11.7. The topological polar surface area (TPSA) is 36.7 Å². The summed E-state index contributed by atoms with van der Waals surface area (Å²) < 4.78 is 5.15. The van der Waals surface area contributed by atoms with E-state index in [2.05, 4.69) is 0 Å². The molecule has 0 spiro atoms. The van der Waals surface area contributed by atoms with Gasteiger partial charge in [0.2, 0.25) is 0 Å². The maximum Gasteiger partial charge on any atom is 0.276 e. The molecule has 0 saturated carbocycles. The van der Waals surface area contributed by atoms with E-state index < -0.39 is 0 Å². The first-order valence-electron chi connectivity index (χ1n) is 4.42. The molecular weight excluding hydrogens is 212 g/mol. The van der Waals surface area contributed by atoms with Crippen LogP contribution >= 0.6 is 12.2 Å². The molecule has 0 radical (unpaired) electrons. The monoisotopic (exact) mass is 222 g/mol. The molecule has 1 aliphatic rings. The van der Waals surface area contributed by atoms with Gasteiger partial charge in [-0.25, -0.2) is 0 Å². The van der Waals surface area contributed by atoms with Crippen LogP contribution in [0.5, 0.6) is 0 Å². The van der Waals surface area contributed by atoms with Gasteiger partial charge in [0.25, 0.3) is 5.91 Å². The number of likely N-dealkylation sites (N-methyl/N-ethyl adjacent to an activating group) is 2. The van der Waals surface area contributed by atoms with Crippen molar-refractivity contribution in [3.8, 4) is 0 Å². The average Bonchev–Trinajstić information content (AvgIpc) is 2.79. The van der Waals surface area contributed by atoms with Gasteiger partial charge in [-0.1, -0.05) is 0 Å². The van der Waals surface area contributed by atoms with Crippen molar-refractivity contribution in [3.05, 3.63) is 29.9 Å². The second kappa shape index (κ2) is 3.51. The summed E-state index contributed by atoms with van der Waals surface area (Å²) in [6, 6.07) is 3.56. The third kappa shape index (κ3) is 1.55. The first-order chi connectivity index (χ1) is 7.11. The smallest absolute Gasteiger partial charge is 0.276 e. The molecule has 78 valence electrons. The summed E-state index contributed by atoms with van der Waals surface area (Å²) in [7, 11) is 3.42. The second-order valence-corrected chi connectivity index (χ2v) is 3.62. The number of hydrogen-bond donors (Lipinski definition) is 0. The van der Waals surface area contributed by atoms with Crippen LogP contribution in [0.2, 0.25) is 0 Å². The molecule has 0 N–H and O–H groups in total. The molecule has 0 aliphatic carbocycles. The molecule has 2 rings (SSSR count). The van der Waals surface area contributed by atoms with Crippen LogP contribution in [0.25, 0.3) is 6.08 Å². The largest absolute Gasteiger partial charge is 0.465 e. The number of amides is 1. The Hall–Kier alpha value is -1.62. The molecule has 1 aromatic rings. The van der Waals surface area contributed by atoms with Crippen molar-refractivity contribution in [1.29, 1.82) is 0 Å². The fourth-order valence-corrected chi connectivity index (χ4v) is 1.58. The summed E-state index contributed by atoms with van der Waals surface area (Å²) in [6.45, 7) is 0. The number of carbonyl (C=O) groups excluding carboxylic acids is 1. The lowest BCUT2D eigenvalue weighted by Crippen LogP contribution is -2.26. The molecule has 1 aromatic heterocycles. The van der Waals surface area contributed by atoms with E-state index in [0.717, 1.165) is 0 Å². The van der Waals surface area contributed by atoms with Crippen LogP contribution in [-0.4, -0.2) is 34.9 Å². The van der Waals surface area contributed by atoms with E-state index in [1.807, 2.05) is 0 Å². The number of carbonyl (C=O) groups is 1. The van der Waals surface area contributed by atoms with Crippen molar-refractivity contribution < 1.29 is 9.21 Å². The van der Waals surface area contributed by atoms with Gasteiger partial charge in [0.15, 0.2) is 5.11 Å². The molecule has 0 bridgehead atoms. The third-order valence-corrected chi connectivity index (χ3v) is 2.83. The molecule has 0 aromatic carbocycles. The quantitative estimate of drug-likeness (QED) is 0.530. The zero-order valence-corrected chi connectivity index (χ0v) is 9.25. The molecule has 1 fully saturated rings. The predicted octanol–water partition coefficient (Wildman–Crippen LogP) is 1.31. The van der Waals surface area contributed by atoms with E-state index in [-0.39, 0.29) is 5.91 Å². The lowest BCUT2D eigenvalue weighted by molar-refractivity contribution is -0.121. The van der Waals surface area contributed by atoms with E-state index in [9.17, 15) is 4.79 Å². The summed E-state index contributed by atoms with van der Waals surface area (Å²) in [5, 5.41) is 0.498. The first kappa shape index (κ1) is 9.92. The normalized spacial score (nSPS) is 19.5. The van der Waals surface area contributed by atoms with Crippen LogP contribution in [0.4, 0.5) is 0 Å². The summed E-state index contributed by atoms with van der Waals surface area (Å²) in [5.41, 5.74) is 0.525. The van der Waals surface area contributed by atoms with Crippen molar-refractivity contribution in [2.24, 2.45) is 0 Å². The Morgan fingerprint density at radius 1 is 1.40 bits per heavy atom. The number of hydrogen-bond acceptors (Lipinski definition) is 3. The van der Waals surface area contributed by atoms with Gasteiger partial charge in [0.1, 0.15) is 11.5 Å². The van der Waals surface area contributed by atoms with Crippen LogP contribution in [0.15, 0.2) is 28.5 Å². The molecule has 1 aliphatic heterocycles. The Kier molecular flexibility index (Phi) is 2.32. The van der Waals surface area contributed by atoms with E-state index in [1.165, 1.54) is 4.90 Å². The zero-order valence-electron chi connectivity index (χ0n) is 8.43. The Labute approximate surface area is 92.8 Å². The van der Waals surface area contributed by atoms with Crippen molar-refractivity contribution >= 4 is 29.3 Å². The van der Waals surface area contributed by atoms with Gasteiger partial charge in [-0.3, -0.25) is 9.69 Å². The van der Waals surface area contributed by atoms with Crippen molar-refractivity contribution in [2.45, 2.75) is 0 Å². The average molecular weight is 222 g/mol. The summed E-state index contributed by atoms with van der Waals surface area (Å²) in [4.78, 5) is 14.8. The molecule has 0 unspecified atom stereocenters. The van der Waals surface area contributed by atoms with Gasteiger partial charge in [0.05, 0.1) is 6.26 Å². The zero-order chi connectivity index (χ0) is 11.0. The van der Waals surface area contributed by atoms with Gasteiger partial charge in [-0.15, -0.1) is 0 Å². The van der Waals surface area contributed by atoms with Crippen molar-refractivity contribution in [2.75, 3.05) is 14.1 Å². The van der Waals surface area contributed by atoms with E-state index in [1.54, 1.807) is 43.5 Å². The number of rotatable bonds is 1. The molecule has 4 nitrogen and oxygen atoms in total. The Balaban J connectivity index is 2.38. The minimum Gasteiger partial charge on any atom is -0.465 e. The first-order valence-corrected chi connectivity index (χ1v) is 4.83. The summed E-state index contributed by atoms with van der Waals surface area (Å²) in [6.07, 6.45) is 3.24. The molecule has 5 heteroatoms. The predicted molar refractivity (Wildman–Crippen MR) is 59.8 cm³/mol. The third-order valence-electron chi connectivity index (χ3n) is 2.28.